The Balaban J connectivity index is 1.37. The number of carbonyl (C=O) groups excluding carboxylic acids is 2. The monoisotopic (exact) mass is 433 g/mol. The number of hydrogen-bond donors (Lipinski definition) is 2. The number of ether oxygens (including phenoxy) is 2. The standard InChI is InChI=1S/C22H31N3O6/c1-25-19(26)13-18(21(25)15-3-2-9-23-14-15)22(29)24-10-12-31-17-6-4-16(5-7-17)30-11-8-20(27)28/h2-3,9,14,16-18,21H,4-8,10-13H2,1H3,(H,24,29)(H,27,28)/t16?,17?,18-,21+/m0/s1. The van der Waals surface area contributed by atoms with Crippen molar-refractivity contribution in [2.45, 2.75) is 56.8 Å². The van der Waals surface area contributed by atoms with Gasteiger partial charge in [-0.2, -0.15) is 0 Å². The first-order valence-corrected chi connectivity index (χ1v) is 10.8. The van der Waals surface area contributed by atoms with Crippen molar-refractivity contribution in [2.24, 2.45) is 5.92 Å². The number of aromatic nitrogens is 1. The number of carbonyl (C=O) groups is 3. The van der Waals surface area contributed by atoms with Gasteiger partial charge in [0.2, 0.25) is 11.8 Å². The Morgan fingerprint density at radius 1 is 1.19 bits per heavy atom. The molecule has 1 saturated carbocycles. The molecule has 2 fully saturated rings. The van der Waals surface area contributed by atoms with Gasteiger partial charge < -0.3 is 24.8 Å². The van der Waals surface area contributed by atoms with Crippen LogP contribution >= 0.6 is 0 Å². The first-order chi connectivity index (χ1) is 15.0. The van der Waals surface area contributed by atoms with Gasteiger partial charge in [0.05, 0.1) is 43.8 Å². The minimum Gasteiger partial charge on any atom is -0.481 e. The second-order valence-electron chi connectivity index (χ2n) is 8.12. The number of aliphatic carboxylic acids is 1. The van der Waals surface area contributed by atoms with Gasteiger partial charge in [0.1, 0.15) is 0 Å². The average molecular weight is 434 g/mol. The summed E-state index contributed by atoms with van der Waals surface area (Å²) in [5.74, 6) is -1.49. The van der Waals surface area contributed by atoms with E-state index in [2.05, 4.69) is 10.3 Å². The Hall–Kier alpha value is -2.52. The number of amides is 2. The summed E-state index contributed by atoms with van der Waals surface area (Å²) in [5, 5.41) is 11.6. The van der Waals surface area contributed by atoms with Crippen molar-refractivity contribution in [1.29, 1.82) is 0 Å². The van der Waals surface area contributed by atoms with Crippen LogP contribution in [-0.4, -0.2) is 71.8 Å². The number of nitrogens with zero attached hydrogens (tertiary/aromatic N) is 2. The Morgan fingerprint density at radius 3 is 2.48 bits per heavy atom. The molecule has 1 aromatic heterocycles. The largest absolute Gasteiger partial charge is 0.481 e. The topological polar surface area (TPSA) is 118 Å². The maximum absolute atomic E-state index is 12.7. The van der Waals surface area contributed by atoms with Gasteiger partial charge in [-0.1, -0.05) is 6.07 Å². The number of nitrogens with one attached hydrogen (secondary N) is 1. The normalized spacial score (nSPS) is 26.1. The highest BCUT2D eigenvalue weighted by Gasteiger charge is 2.42. The molecule has 1 aromatic rings. The van der Waals surface area contributed by atoms with E-state index < -0.39 is 11.9 Å². The van der Waals surface area contributed by atoms with Crippen molar-refractivity contribution in [3.05, 3.63) is 30.1 Å². The highest BCUT2D eigenvalue weighted by molar-refractivity contribution is 5.90. The predicted octanol–water partition coefficient (Wildman–Crippen LogP) is 1.54. The summed E-state index contributed by atoms with van der Waals surface area (Å²) in [6.07, 6.45) is 7.22. The van der Waals surface area contributed by atoms with Crippen molar-refractivity contribution in [1.82, 2.24) is 15.2 Å². The zero-order valence-electron chi connectivity index (χ0n) is 17.9. The maximum atomic E-state index is 12.7. The molecule has 3 rings (SSSR count). The van der Waals surface area contributed by atoms with E-state index in [-0.39, 0.29) is 49.5 Å². The molecule has 2 atom stereocenters. The van der Waals surface area contributed by atoms with Crippen molar-refractivity contribution in [3.8, 4) is 0 Å². The van der Waals surface area contributed by atoms with Gasteiger partial charge in [-0.05, 0) is 37.3 Å². The Kier molecular flexibility index (Phi) is 8.36. The van der Waals surface area contributed by atoms with Gasteiger partial charge in [0, 0.05) is 32.4 Å². The number of hydrogen-bond acceptors (Lipinski definition) is 6. The molecule has 2 amide bonds. The van der Waals surface area contributed by atoms with Gasteiger partial charge in [-0.15, -0.1) is 0 Å². The van der Waals surface area contributed by atoms with Crippen LogP contribution in [0.15, 0.2) is 24.5 Å². The first kappa shape index (κ1) is 23.1. The molecule has 0 spiro atoms. The number of likely N-dealkylation sites (tertiary alicyclic amines) is 1. The zero-order chi connectivity index (χ0) is 22.2. The molecule has 9 nitrogen and oxygen atoms in total. The lowest BCUT2D eigenvalue weighted by Crippen LogP contribution is -2.37. The molecule has 2 N–H and O–H groups in total. The van der Waals surface area contributed by atoms with Crippen LogP contribution in [0.25, 0.3) is 0 Å². The Bertz CT molecular complexity index is 751. The molecule has 1 aliphatic carbocycles. The molecule has 0 bridgehead atoms. The molecule has 1 aliphatic heterocycles. The van der Waals surface area contributed by atoms with E-state index in [4.69, 9.17) is 14.6 Å². The second kappa shape index (κ2) is 11.2. The fraction of sp³-hybridized carbons (Fsp3) is 0.636. The molecule has 1 saturated heterocycles. The smallest absolute Gasteiger partial charge is 0.305 e. The fourth-order valence-electron chi connectivity index (χ4n) is 4.32. The van der Waals surface area contributed by atoms with Crippen LogP contribution < -0.4 is 5.32 Å². The van der Waals surface area contributed by atoms with E-state index in [1.54, 1.807) is 30.4 Å². The summed E-state index contributed by atoms with van der Waals surface area (Å²) >= 11 is 0. The highest BCUT2D eigenvalue weighted by Crippen LogP contribution is 2.36. The second-order valence-corrected chi connectivity index (χ2v) is 8.12. The summed E-state index contributed by atoms with van der Waals surface area (Å²) in [6, 6.07) is 3.39. The Labute approximate surface area is 182 Å². The predicted molar refractivity (Wildman–Crippen MR) is 111 cm³/mol. The van der Waals surface area contributed by atoms with Crippen LogP contribution in [0.4, 0.5) is 0 Å². The van der Waals surface area contributed by atoms with Gasteiger partial charge >= 0.3 is 5.97 Å². The quantitative estimate of drug-likeness (QED) is 0.537. The van der Waals surface area contributed by atoms with Crippen LogP contribution in [-0.2, 0) is 23.9 Å². The molecule has 170 valence electrons. The lowest BCUT2D eigenvalue weighted by molar-refractivity contribution is -0.139. The molecular formula is C22H31N3O6. The molecule has 0 aromatic carbocycles. The number of pyridine rings is 1. The van der Waals surface area contributed by atoms with E-state index in [0.29, 0.717) is 13.2 Å². The molecule has 0 radical (unpaired) electrons. The lowest BCUT2D eigenvalue weighted by atomic mass is 9.94. The first-order valence-electron chi connectivity index (χ1n) is 10.8. The summed E-state index contributed by atoms with van der Waals surface area (Å²) < 4.78 is 11.5. The van der Waals surface area contributed by atoms with Gasteiger partial charge in [-0.25, -0.2) is 0 Å². The third-order valence-corrected chi connectivity index (χ3v) is 5.99. The summed E-state index contributed by atoms with van der Waals surface area (Å²) in [7, 11) is 1.72. The molecule has 9 heteroatoms. The molecule has 2 aliphatic rings. The molecule has 0 unspecified atom stereocenters. The van der Waals surface area contributed by atoms with E-state index >= 15 is 0 Å². The fourth-order valence-corrected chi connectivity index (χ4v) is 4.32. The maximum Gasteiger partial charge on any atom is 0.305 e. The van der Waals surface area contributed by atoms with Crippen LogP contribution in [0.5, 0.6) is 0 Å². The van der Waals surface area contributed by atoms with Crippen molar-refractivity contribution >= 4 is 17.8 Å². The minimum absolute atomic E-state index is 0.0279. The van der Waals surface area contributed by atoms with Crippen LogP contribution in [0.3, 0.4) is 0 Å². The minimum atomic E-state index is -0.848. The van der Waals surface area contributed by atoms with Crippen molar-refractivity contribution in [2.75, 3.05) is 26.8 Å². The Morgan fingerprint density at radius 2 is 1.87 bits per heavy atom. The lowest BCUT2D eigenvalue weighted by Gasteiger charge is -2.28. The molecule has 2 heterocycles. The van der Waals surface area contributed by atoms with E-state index in [1.165, 1.54) is 0 Å². The molecule has 31 heavy (non-hydrogen) atoms. The SMILES string of the molecule is CN1C(=O)C[C@H](C(=O)NCCOC2CCC(OCCC(=O)O)CC2)[C@H]1c1cccnc1. The van der Waals surface area contributed by atoms with Crippen LogP contribution in [0.1, 0.15) is 50.1 Å². The van der Waals surface area contributed by atoms with Gasteiger partial charge in [-0.3, -0.25) is 19.4 Å². The summed E-state index contributed by atoms with van der Waals surface area (Å²) in [5.41, 5.74) is 0.856. The number of carboxylic acids is 1. The van der Waals surface area contributed by atoms with E-state index in [0.717, 1.165) is 31.2 Å². The van der Waals surface area contributed by atoms with Gasteiger partial charge in [0.15, 0.2) is 0 Å². The third-order valence-electron chi connectivity index (χ3n) is 5.99. The van der Waals surface area contributed by atoms with Gasteiger partial charge in [0.25, 0.3) is 0 Å². The zero-order valence-corrected chi connectivity index (χ0v) is 17.9. The van der Waals surface area contributed by atoms with Crippen molar-refractivity contribution in [3.63, 3.8) is 0 Å². The number of rotatable bonds is 10. The summed E-state index contributed by atoms with van der Waals surface area (Å²) in [4.78, 5) is 41.2. The van der Waals surface area contributed by atoms with Crippen molar-refractivity contribution < 1.29 is 29.0 Å². The van der Waals surface area contributed by atoms with E-state index in [1.807, 2.05) is 6.07 Å². The third kappa shape index (κ3) is 6.48. The van der Waals surface area contributed by atoms with E-state index in [9.17, 15) is 14.4 Å². The van der Waals surface area contributed by atoms with Crippen LogP contribution in [0.2, 0.25) is 0 Å². The molecular weight excluding hydrogens is 402 g/mol. The average Bonchev–Trinajstić information content (AvgIpc) is 3.07. The highest BCUT2D eigenvalue weighted by atomic mass is 16.5. The van der Waals surface area contributed by atoms with Crippen LogP contribution in [0, 0.1) is 5.92 Å². The number of carboxylic acid groups (broad SMARTS) is 1. The summed E-state index contributed by atoms with van der Waals surface area (Å²) in [6.45, 7) is 1.05.